The molecule has 1 spiro atoms. The first kappa shape index (κ1) is 32.0. The van der Waals surface area contributed by atoms with Crippen molar-refractivity contribution in [1.82, 2.24) is 14.7 Å². The molecule has 0 aromatic heterocycles. The molecule has 8 heteroatoms. The fourth-order valence-corrected chi connectivity index (χ4v) is 7.92. The van der Waals surface area contributed by atoms with Crippen molar-refractivity contribution >= 4 is 17.7 Å². The van der Waals surface area contributed by atoms with Gasteiger partial charge >= 0.3 is 0 Å². The van der Waals surface area contributed by atoms with Crippen molar-refractivity contribution in [3.05, 3.63) is 61.2 Å². The predicted molar refractivity (Wildman–Crippen MR) is 163 cm³/mol. The summed E-state index contributed by atoms with van der Waals surface area (Å²) < 4.78 is 6.68. The lowest BCUT2D eigenvalue weighted by atomic mass is 9.70. The molecule has 230 valence electrons. The van der Waals surface area contributed by atoms with Gasteiger partial charge < -0.3 is 24.5 Å². The van der Waals surface area contributed by atoms with Crippen molar-refractivity contribution in [1.29, 1.82) is 0 Å². The molecular weight excluding hydrogens is 530 g/mol. The van der Waals surface area contributed by atoms with Crippen molar-refractivity contribution in [2.24, 2.45) is 17.3 Å². The van der Waals surface area contributed by atoms with Gasteiger partial charge in [0.15, 0.2) is 0 Å². The number of aliphatic hydroxyl groups excluding tert-OH is 1. The van der Waals surface area contributed by atoms with Crippen LogP contribution in [0.15, 0.2) is 55.6 Å². The summed E-state index contributed by atoms with van der Waals surface area (Å²) in [5.41, 5.74) is -0.751. The van der Waals surface area contributed by atoms with Crippen LogP contribution in [-0.2, 0) is 25.7 Å². The van der Waals surface area contributed by atoms with Gasteiger partial charge in [-0.1, -0.05) is 63.3 Å². The molecule has 3 fully saturated rings. The largest absolute Gasteiger partial charge is 0.394 e. The topological polar surface area (TPSA) is 90.4 Å². The molecular formula is C34H49N3O5. The first-order chi connectivity index (χ1) is 19.7. The van der Waals surface area contributed by atoms with E-state index < -0.39 is 41.2 Å². The minimum Gasteiger partial charge on any atom is -0.394 e. The Morgan fingerprint density at radius 1 is 1.12 bits per heavy atom. The maximum absolute atomic E-state index is 14.7. The van der Waals surface area contributed by atoms with Crippen LogP contribution in [0.2, 0.25) is 0 Å². The number of benzene rings is 1. The Hall–Kier alpha value is -2.97. The Morgan fingerprint density at radius 3 is 2.33 bits per heavy atom. The zero-order chi connectivity index (χ0) is 31.0. The molecule has 0 saturated carbocycles. The number of likely N-dealkylation sites (tertiary alicyclic amines) is 1. The number of nitrogens with zero attached hydrogens (tertiary/aromatic N) is 3. The van der Waals surface area contributed by atoms with Gasteiger partial charge in [-0.05, 0) is 51.0 Å². The molecule has 3 heterocycles. The summed E-state index contributed by atoms with van der Waals surface area (Å²) in [5.74, 6) is -2.19. The van der Waals surface area contributed by atoms with E-state index in [2.05, 4.69) is 33.9 Å². The van der Waals surface area contributed by atoms with Crippen molar-refractivity contribution in [3.63, 3.8) is 0 Å². The maximum atomic E-state index is 14.7. The van der Waals surface area contributed by atoms with E-state index in [0.29, 0.717) is 32.5 Å². The number of hydrogen-bond acceptors (Lipinski definition) is 5. The Morgan fingerprint density at radius 2 is 1.76 bits per heavy atom. The zero-order valence-electron chi connectivity index (χ0n) is 26.2. The second-order valence-corrected chi connectivity index (χ2v) is 14.1. The number of hydrogen-bond donors (Lipinski definition) is 1. The summed E-state index contributed by atoms with van der Waals surface area (Å²) in [6, 6.07) is 8.17. The first-order valence-electron chi connectivity index (χ1n) is 15.2. The molecule has 3 amide bonds. The molecule has 6 atom stereocenters. The van der Waals surface area contributed by atoms with Crippen LogP contribution in [0.4, 0.5) is 0 Å². The lowest BCUT2D eigenvalue weighted by Crippen LogP contribution is -2.62. The monoisotopic (exact) mass is 579 g/mol. The Kier molecular flexibility index (Phi) is 9.10. The number of carbonyl (C=O) groups excluding carboxylic acids is 3. The Labute approximate surface area is 251 Å². The summed E-state index contributed by atoms with van der Waals surface area (Å²) in [5, 5.41) is 10.2. The summed E-state index contributed by atoms with van der Waals surface area (Å²) in [7, 11) is 0. The van der Waals surface area contributed by atoms with E-state index in [1.54, 1.807) is 24.0 Å². The molecule has 3 aliphatic heterocycles. The van der Waals surface area contributed by atoms with Gasteiger partial charge in [-0.15, -0.1) is 13.2 Å². The van der Waals surface area contributed by atoms with Gasteiger partial charge in [0, 0.05) is 25.2 Å². The molecule has 3 aliphatic rings. The van der Waals surface area contributed by atoms with E-state index in [1.165, 1.54) is 4.90 Å². The SMILES string of the molecule is C=CCN(Cc1ccccc1)C(=O)[C@@H]1[C@H]2C(=O)N([C@H](C)CO)C(C(=O)N(CC=C)C(C)(C)CC(C)(C)C)C23CC[C@H]1O3. The fraction of sp³-hybridized carbons (Fsp3) is 0.618. The first-order valence-corrected chi connectivity index (χ1v) is 15.2. The van der Waals surface area contributed by atoms with Crippen LogP contribution in [0.1, 0.15) is 66.4 Å². The molecule has 42 heavy (non-hydrogen) atoms. The molecule has 1 aromatic carbocycles. The van der Waals surface area contributed by atoms with Gasteiger partial charge in [0.25, 0.3) is 0 Å². The molecule has 3 saturated heterocycles. The molecule has 1 aromatic rings. The van der Waals surface area contributed by atoms with Crippen molar-refractivity contribution in [2.75, 3.05) is 19.7 Å². The maximum Gasteiger partial charge on any atom is 0.249 e. The Bertz CT molecular complexity index is 1190. The zero-order valence-corrected chi connectivity index (χ0v) is 26.2. The molecule has 2 unspecified atom stereocenters. The van der Waals surface area contributed by atoms with E-state index >= 15 is 0 Å². The van der Waals surface area contributed by atoms with E-state index in [9.17, 15) is 19.5 Å². The Balaban J connectivity index is 1.75. The second-order valence-electron chi connectivity index (χ2n) is 14.1. The molecule has 4 rings (SSSR count). The molecule has 1 N–H and O–H groups in total. The highest BCUT2D eigenvalue weighted by Gasteiger charge is 2.75. The fourth-order valence-electron chi connectivity index (χ4n) is 7.92. The molecule has 0 radical (unpaired) electrons. The summed E-state index contributed by atoms with van der Waals surface area (Å²) in [4.78, 5) is 48.4. The molecule has 0 aliphatic carbocycles. The third-order valence-corrected chi connectivity index (χ3v) is 9.14. The minimum atomic E-state index is -1.13. The van der Waals surface area contributed by atoms with E-state index in [-0.39, 0.29) is 29.7 Å². The van der Waals surface area contributed by atoms with Gasteiger partial charge in [0.2, 0.25) is 17.7 Å². The van der Waals surface area contributed by atoms with E-state index in [1.807, 2.05) is 49.1 Å². The average Bonchev–Trinajstić information content (AvgIpc) is 3.56. The summed E-state index contributed by atoms with van der Waals surface area (Å²) >= 11 is 0. The second kappa shape index (κ2) is 12.0. The average molecular weight is 580 g/mol. The number of carbonyl (C=O) groups is 3. The minimum absolute atomic E-state index is 0.0548. The third kappa shape index (κ3) is 5.68. The van der Waals surface area contributed by atoms with E-state index in [0.717, 1.165) is 12.0 Å². The van der Waals surface area contributed by atoms with Crippen LogP contribution in [-0.4, -0.2) is 86.6 Å². The molecule has 2 bridgehead atoms. The van der Waals surface area contributed by atoms with Crippen LogP contribution < -0.4 is 0 Å². The third-order valence-electron chi connectivity index (χ3n) is 9.14. The summed E-state index contributed by atoms with van der Waals surface area (Å²) in [6.07, 6.45) is 4.78. The highest BCUT2D eigenvalue weighted by atomic mass is 16.5. The van der Waals surface area contributed by atoms with Gasteiger partial charge in [0.05, 0.1) is 30.6 Å². The summed E-state index contributed by atoms with van der Waals surface area (Å²) in [6.45, 7) is 20.8. The smallest absolute Gasteiger partial charge is 0.249 e. The van der Waals surface area contributed by atoms with Crippen LogP contribution >= 0.6 is 0 Å². The quantitative estimate of drug-likeness (QED) is 0.375. The van der Waals surface area contributed by atoms with Gasteiger partial charge in [-0.25, -0.2) is 0 Å². The van der Waals surface area contributed by atoms with Crippen LogP contribution in [0.3, 0.4) is 0 Å². The number of fused-ring (bicyclic) bond motifs is 1. The normalized spacial score (nSPS) is 27.5. The van der Waals surface area contributed by atoms with Gasteiger partial charge in [-0.2, -0.15) is 0 Å². The number of amides is 3. The lowest BCUT2D eigenvalue weighted by molar-refractivity contribution is -0.155. The van der Waals surface area contributed by atoms with Crippen molar-refractivity contribution in [2.45, 2.75) is 96.7 Å². The van der Waals surface area contributed by atoms with Crippen molar-refractivity contribution in [3.8, 4) is 0 Å². The van der Waals surface area contributed by atoms with Crippen LogP contribution in [0, 0.1) is 17.3 Å². The standard InChI is InChI=1S/C34H49N3O5/c1-9-18-35(20-24-14-12-11-13-15-24)29(39)26-25-16-17-34(42-25)27(26)30(40)37(23(3)21-38)28(34)31(41)36(19-10-2)33(7,8)22-32(4,5)6/h9-15,23,25-28,38H,1-2,16-22H2,3-8H3/t23-,25-,26+,27+,28?,34?/m1/s1. The lowest BCUT2D eigenvalue weighted by Gasteiger charge is -2.46. The highest BCUT2D eigenvalue weighted by Crippen LogP contribution is 2.59. The van der Waals surface area contributed by atoms with Crippen molar-refractivity contribution < 1.29 is 24.2 Å². The highest BCUT2D eigenvalue weighted by molar-refractivity contribution is 5.99. The van der Waals surface area contributed by atoms with Crippen LogP contribution in [0.25, 0.3) is 0 Å². The molecule has 8 nitrogen and oxygen atoms in total. The number of rotatable bonds is 12. The predicted octanol–water partition coefficient (Wildman–Crippen LogP) is 4.19. The van der Waals surface area contributed by atoms with E-state index in [4.69, 9.17) is 4.74 Å². The van der Waals surface area contributed by atoms with Gasteiger partial charge in [0.1, 0.15) is 11.6 Å². The van der Waals surface area contributed by atoms with Gasteiger partial charge in [-0.3, -0.25) is 14.4 Å². The number of aliphatic hydroxyl groups is 1. The number of ether oxygens (including phenoxy) is 1. The van der Waals surface area contributed by atoms with Crippen LogP contribution in [0.5, 0.6) is 0 Å².